The second-order valence-corrected chi connectivity index (χ2v) is 8.16. The maximum atomic E-state index is 14.1. The molecule has 2 N–H and O–H groups in total. The Hall–Kier alpha value is -3.39. The van der Waals surface area contributed by atoms with Crippen molar-refractivity contribution < 1.29 is 23.6 Å². The Morgan fingerprint density at radius 1 is 1.12 bits per heavy atom. The fourth-order valence-corrected chi connectivity index (χ4v) is 4.48. The second kappa shape index (κ2) is 9.00. The van der Waals surface area contributed by atoms with E-state index in [4.69, 9.17) is 4.74 Å². The third-order valence-electron chi connectivity index (χ3n) is 6.15. The summed E-state index contributed by atoms with van der Waals surface area (Å²) < 4.78 is 20.8. The largest absolute Gasteiger partial charge is 0.464 e. The van der Waals surface area contributed by atoms with Crippen LogP contribution in [0.2, 0.25) is 0 Å². The zero-order chi connectivity index (χ0) is 22.8. The zero-order valence-electron chi connectivity index (χ0n) is 18.6. The first-order valence-electron chi connectivity index (χ1n) is 10.7. The normalized spacial score (nSPS) is 14.6. The van der Waals surface area contributed by atoms with Gasteiger partial charge < -0.3 is 24.4 Å². The van der Waals surface area contributed by atoms with E-state index in [1.807, 2.05) is 36.1 Å². The van der Waals surface area contributed by atoms with Crippen molar-refractivity contribution in [1.29, 1.82) is 0 Å². The van der Waals surface area contributed by atoms with Gasteiger partial charge in [-0.05, 0) is 30.7 Å². The molecule has 7 nitrogen and oxygen atoms in total. The highest BCUT2D eigenvalue weighted by molar-refractivity contribution is 6.12. The molecule has 2 aromatic carbocycles. The molecule has 32 heavy (non-hydrogen) atoms. The number of halogens is 1. The van der Waals surface area contributed by atoms with Crippen LogP contribution in [0.5, 0.6) is 0 Å². The summed E-state index contributed by atoms with van der Waals surface area (Å²) in [5.41, 5.74) is 3.23. The average Bonchev–Trinajstić information content (AvgIpc) is 3.06. The number of para-hydroxylation sites is 1. The van der Waals surface area contributed by atoms with Crippen LogP contribution in [-0.2, 0) is 16.6 Å². The Kier molecular flexibility index (Phi) is 6.14. The average molecular weight is 440 g/mol. The first kappa shape index (κ1) is 21.8. The summed E-state index contributed by atoms with van der Waals surface area (Å²) >= 11 is 0. The van der Waals surface area contributed by atoms with E-state index in [9.17, 15) is 14.0 Å². The van der Waals surface area contributed by atoms with E-state index in [0.29, 0.717) is 30.2 Å². The number of quaternary nitrogens is 1. The summed E-state index contributed by atoms with van der Waals surface area (Å²) in [6.45, 7) is 5.01. The van der Waals surface area contributed by atoms with Crippen LogP contribution in [0.25, 0.3) is 10.9 Å². The van der Waals surface area contributed by atoms with Crippen molar-refractivity contribution in [2.45, 2.75) is 6.92 Å². The van der Waals surface area contributed by atoms with Crippen LogP contribution in [0.4, 0.5) is 15.8 Å². The smallest absolute Gasteiger partial charge is 0.356 e. The molecule has 2 heterocycles. The zero-order valence-corrected chi connectivity index (χ0v) is 18.6. The molecule has 1 amide bonds. The van der Waals surface area contributed by atoms with Gasteiger partial charge >= 0.3 is 5.97 Å². The van der Waals surface area contributed by atoms with Gasteiger partial charge in [0.1, 0.15) is 5.82 Å². The molecule has 0 unspecified atom stereocenters. The van der Waals surface area contributed by atoms with Gasteiger partial charge in [0.05, 0.1) is 50.2 Å². The maximum absolute atomic E-state index is 14.1. The van der Waals surface area contributed by atoms with E-state index < -0.39 is 5.97 Å². The lowest BCUT2D eigenvalue weighted by Crippen LogP contribution is -3.15. The Morgan fingerprint density at radius 2 is 1.84 bits per heavy atom. The van der Waals surface area contributed by atoms with Gasteiger partial charge in [-0.2, -0.15) is 0 Å². The van der Waals surface area contributed by atoms with E-state index in [2.05, 4.69) is 5.32 Å². The number of carbonyl (C=O) groups is 2. The van der Waals surface area contributed by atoms with Crippen LogP contribution in [0.1, 0.15) is 16.1 Å². The number of benzene rings is 2. The summed E-state index contributed by atoms with van der Waals surface area (Å²) in [5, 5.41) is 3.81. The summed E-state index contributed by atoms with van der Waals surface area (Å²) in [6.07, 6.45) is 0. The topological polar surface area (TPSA) is 68.0 Å². The molecule has 0 bridgehead atoms. The minimum atomic E-state index is -0.496. The number of hydrogen-bond acceptors (Lipinski definition) is 4. The van der Waals surface area contributed by atoms with Crippen molar-refractivity contribution in [3.05, 3.63) is 59.5 Å². The molecule has 1 aliphatic heterocycles. The number of aromatic nitrogens is 1. The highest BCUT2D eigenvalue weighted by atomic mass is 19.1. The van der Waals surface area contributed by atoms with E-state index in [1.54, 1.807) is 23.7 Å². The fraction of sp³-hybridized carbons (Fsp3) is 0.333. The number of carbonyl (C=O) groups excluding carboxylic acids is 2. The first-order chi connectivity index (χ1) is 15.4. The minimum absolute atomic E-state index is 0.166. The summed E-state index contributed by atoms with van der Waals surface area (Å²) in [6, 6.07) is 12.5. The molecule has 8 heteroatoms. The lowest BCUT2D eigenvalue weighted by Gasteiger charge is -2.33. The van der Waals surface area contributed by atoms with Crippen LogP contribution < -0.4 is 15.1 Å². The lowest BCUT2D eigenvalue weighted by atomic mass is 10.1. The molecule has 3 aromatic rings. The third-order valence-corrected chi connectivity index (χ3v) is 6.15. The number of ether oxygens (including phenoxy) is 1. The van der Waals surface area contributed by atoms with Crippen LogP contribution >= 0.6 is 0 Å². The predicted octanol–water partition coefficient (Wildman–Crippen LogP) is 1.76. The van der Waals surface area contributed by atoms with Crippen molar-refractivity contribution >= 4 is 34.2 Å². The van der Waals surface area contributed by atoms with Gasteiger partial charge in [0.15, 0.2) is 12.2 Å². The number of amides is 1. The van der Waals surface area contributed by atoms with Gasteiger partial charge in [-0.15, -0.1) is 0 Å². The molecule has 0 saturated carbocycles. The molecular weight excluding hydrogens is 411 g/mol. The molecule has 1 aliphatic rings. The number of fused-ring (bicyclic) bond motifs is 1. The van der Waals surface area contributed by atoms with Gasteiger partial charge in [-0.1, -0.05) is 24.3 Å². The summed E-state index contributed by atoms with van der Waals surface area (Å²) in [7, 11) is 3.12. The molecule has 0 atom stereocenters. The molecular formula is C24H28FN4O3+. The number of esters is 1. The van der Waals surface area contributed by atoms with Gasteiger partial charge in [0.25, 0.3) is 5.91 Å². The molecule has 1 fully saturated rings. The molecule has 1 aromatic heterocycles. The van der Waals surface area contributed by atoms with Crippen molar-refractivity contribution in [2.24, 2.45) is 7.05 Å². The number of methoxy groups -OCH3 is 1. The van der Waals surface area contributed by atoms with Gasteiger partial charge in [-0.3, -0.25) is 4.79 Å². The standard InChI is InChI=1S/C24H27FN4O3/c1-16-7-6-10-19-21(16)22(23(27(19)2)24(31)32-3)26-20(30)15-28-11-13-29(14-12-28)18-9-5-4-8-17(18)25/h4-10H,11-15H2,1-3H3,(H,26,30)/p+1. The number of anilines is 2. The van der Waals surface area contributed by atoms with E-state index >= 15 is 0 Å². The van der Waals surface area contributed by atoms with Crippen LogP contribution in [0.3, 0.4) is 0 Å². The SMILES string of the molecule is COC(=O)c1c(NC(=O)C[NH+]2CCN(c3ccccc3F)CC2)c2c(C)cccc2n1C. The summed E-state index contributed by atoms with van der Waals surface area (Å²) in [4.78, 5) is 28.5. The number of aryl methyl sites for hydroxylation is 2. The van der Waals surface area contributed by atoms with Crippen molar-refractivity contribution in [3.8, 4) is 0 Å². The Labute approximate surface area is 186 Å². The number of nitrogens with one attached hydrogen (secondary N) is 2. The van der Waals surface area contributed by atoms with Crippen molar-refractivity contribution in [3.63, 3.8) is 0 Å². The number of hydrogen-bond donors (Lipinski definition) is 2. The molecule has 1 saturated heterocycles. The Morgan fingerprint density at radius 3 is 2.53 bits per heavy atom. The van der Waals surface area contributed by atoms with E-state index in [0.717, 1.165) is 34.5 Å². The molecule has 168 valence electrons. The molecule has 4 rings (SSSR count). The first-order valence-corrected chi connectivity index (χ1v) is 10.7. The highest BCUT2D eigenvalue weighted by Crippen LogP contribution is 2.33. The third kappa shape index (κ3) is 4.05. The van der Waals surface area contributed by atoms with Gasteiger partial charge in [-0.25, -0.2) is 9.18 Å². The van der Waals surface area contributed by atoms with Crippen molar-refractivity contribution in [2.75, 3.05) is 50.1 Å². The minimum Gasteiger partial charge on any atom is -0.464 e. The van der Waals surface area contributed by atoms with E-state index in [1.165, 1.54) is 13.2 Å². The maximum Gasteiger partial charge on any atom is 0.356 e. The monoisotopic (exact) mass is 439 g/mol. The lowest BCUT2D eigenvalue weighted by molar-refractivity contribution is -0.892. The van der Waals surface area contributed by atoms with E-state index in [-0.39, 0.29) is 18.3 Å². The van der Waals surface area contributed by atoms with Crippen LogP contribution in [0, 0.1) is 12.7 Å². The number of nitrogens with zero attached hydrogens (tertiary/aromatic N) is 2. The van der Waals surface area contributed by atoms with Crippen LogP contribution in [0.15, 0.2) is 42.5 Å². The second-order valence-electron chi connectivity index (χ2n) is 8.16. The highest BCUT2D eigenvalue weighted by Gasteiger charge is 2.27. The number of piperazine rings is 1. The van der Waals surface area contributed by atoms with Gasteiger partial charge in [0, 0.05) is 12.4 Å². The predicted molar refractivity (Wildman–Crippen MR) is 122 cm³/mol. The molecule has 0 radical (unpaired) electrons. The fourth-order valence-electron chi connectivity index (χ4n) is 4.48. The Balaban J connectivity index is 1.48. The summed E-state index contributed by atoms with van der Waals surface area (Å²) in [5.74, 6) is -0.889. The van der Waals surface area contributed by atoms with Crippen molar-refractivity contribution in [1.82, 2.24) is 4.57 Å². The quantitative estimate of drug-likeness (QED) is 0.595. The number of rotatable bonds is 5. The van der Waals surface area contributed by atoms with Gasteiger partial charge in [0.2, 0.25) is 0 Å². The molecule has 0 aliphatic carbocycles. The van der Waals surface area contributed by atoms with Crippen LogP contribution in [-0.4, -0.2) is 56.3 Å². The molecule has 0 spiro atoms. The Bertz CT molecular complexity index is 1170.